The maximum atomic E-state index is 13.0. The van der Waals surface area contributed by atoms with E-state index in [0.29, 0.717) is 12.1 Å². The molecule has 190 valence electrons. The first-order chi connectivity index (χ1) is 17.5. The van der Waals surface area contributed by atoms with Crippen molar-refractivity contribution in [2.24, 2.45) is 0 Å². The van der Waals surface area contributed by atoms with Gasteiger partial charge < -0.3 is 14.8 Å². The Kier molecular flexibility index (Phi) is 8.37. The molecular weight excluding hydrogens is 515 g/mol. The molecule has 0 unspecified atom stereocenters. The molecule has 1 N–H and O–H groups in total. The summed E-state index contributed by atoms with van der Waals surface area (Å²) in [7, 11) is 1.24. The molecule has 0 bridgehead atoms. The Bertz CT molecular complexity index is 1400. The van der Waals surface area contributed by atoms with Gasteiger partial charge in [0.15, 0.2) is 11.5 Å². The van der Waals surface area contributed by atoms with Gasteiger partial charge in [0.25, 0.3) is 5.91 Å². The summed E-state index contributed by atoms with van der Waals surface area (Å²) in [6.45, 7) is 0.196. The number of nitrogens with one attached hydrogen (secondary N) is 1. The minimum absolute atomic E-state index is 0.0464. The van der Waals surface area contributed by atoms with Gasteiger partial charge in [-0.05, 0) is 41.5 Å². The van der Waals surface area contributed by atoms with Crippen LogP contribution in [0.15, 0.2) is 66.2 Å². The highest BCUT2D eigenvalue weighted by atomic mass is 35.5. The fourth-order valence-electron chi connectivity index (χ4n) is 3.14. The van der Waals surface area contributed by atoms with Crippen molar-refractivity contribution in [2.45, 2.75) is 12.7 Å². The van der Waals surface area contributed by atoms with E-state index in [1.54, 1.807) is 30.3 Å². The molecule has 12 heteroatoms. The molecule has 3 aromatic carbocycles. The quantitative estimate of drug-likeness (QED) is 0.158. The van der Waals surface area contributed by atoms with Crippen LogP contribution in [0.5, 0.6) is 17.2 Å². The van der Waals surface area contributed by atoms with E-state index in [1.807, 2.05) is 6.07 Å². The van der Waals surface area contributed by atoms with Crippen LogP contribution in [0.1, 0.15) is 16.7 Å². The highest BCUT2D eigenvalue weighted by Gasteiger charge is 2.33. The van der Waals surface area contributed by atoms with Crippen molar-refractivity contribution in [1.29, 1.82) is 5.26 Å². The van der Waals surface area contributed by atoms with E-state index < -0.39 is 34.0 Å². The molecule has 0 atom stereocenters. The number of nitriles is 1. The third kappa shape index (κ3) is 6.77. The Morgan fingerprint density at radius 3 is 2.46 bits per heavy atom. The van der Waals surface area contributed by atoms with Gasteiger partial charge in [-0.1, -0.05) is 41.9 Å². The van der Waals surface area contributed by atoms with E-state index in [9.17, 15) is 33.3 Å². The number of hydrogen-bond acceptors (Lipinski definition) is 6. The monoisotopic (exact) mass is 531 g/mol. The first kappa shape index (κ1) is 27.0. The largest absolute Gasteiger partial charge is 0.493 e. The third-order valence-corrected chi connectivity index (χ3v) is 5.20. The summed E-state index contributed by atoms with van der Waals surface area (Å²) in [5.41, 5.74) is -1.29. The number of methoxy groups -OCH3 is 1. The minimum atomic E-state index is -4.79. The number of nitro groups is 1. The van der Waals surface area contributed by atoms with Gasteiger partial charge in [0.05, 0.1) is 22.6 Å². The van der Waals surface area contributed by atoms with Gasteiger partial charge >= 0.3 is 11.9 Å². The van der Waals surface area contributed by atoms with Gasteiger partial charge in [-0.15, -0.1) is 0 Å². The number of benzene rings is 3. The zero-order valence-corrected chi connectivity index (χ0v) is 19.8. The molecule has 0 saturated heterocycles. The summed E-state index contributed by atoms with van der Waals surface area (Å²) in [5.74, 6) is -1.40. The molecule has 0 saturated carbocycles. The predicted molar refractivity (Wildman–Crippen MR) is 128 cm³/mol. The fourth-order valence-corrected chi connectivity index (χ4v) is 3.40. The SMILES string of the molecule is COc1cc(/C=C(\C#N)C(=O)NCc2ccccc2)cc(Cl)c1Oc1ccc(C(F)(F)F)cc1[N+](=O)[O-]. The summed E-state index contributed by atoms with van der Waals surface area (Å²) in [6.07, 6.45) is -3.54. The van der Waals surface area contributed by atoms with E-state index in [0.717, 1.165) is 11.6 Å². The van der Waals surface area contributed by atoms with Gasteiger partial charge in [0.2, 0.25) is 5.75 Å². The minimum Gasteiger partial charge on any atom is -0.493 e. The lowest BCUT2D eigenvalue weighted by atomic mass is 10.1. The van der Waals surface area contributed by atoms with Crippen molar-refractivity contribution >= 4 is 29.3 Å². The van der Waals surface area contributed by atoms with Gasteiger partial charge in [0, 0.05) is 12.6 Å². The molecule has 0 aromatic heterocycles. The number of carbonyl (C=O) groups is 1. The van der Waals surface area contributed by atoms with E-state index in [-0.39, 0.29) is 34.2 Å². The van der Waals surface area contributed by atoms with Crippen molar-refractivity contribution in [2.75, 3.05) is 7.11 Å². The van der Waals surface area contributed by atoms with Crippen LogP contribution in [-0.4, -0.2) is 17.9 Å². The number of amides is 1. The normalized spacial score (nSPS) is 11.4. The molecule has 0 fully saturated rings. The highest BCUT2D eigenvalue weighted by Crippen LogP contribution is 2.43. The number of hydrogen-bond donors (Lipinski definition) is 1. The first-order valence-corrected chi connectivity index (χ1v) is 10.8. The van der Waals surface area contributed by atoms with E-state index in [4.69, 9.17) is 21.1 Å². The van der Waals surface area contributed by atoms with Gasteiger partial charge in [-0.25, -0.2) is 0 Å². The standard InChI is InChI=1S/C25H17ClF3N3O5/c1-36-22-11-16(9-17(13-30)24(33)31-14-15-5-3-2-4-6-15)10-19(26)23(22)37-21-8-7-18(25(27,28)29)12-20(21)32(34)35/h2-12H,14H2,1H3,(H,31,33)/b17-9+. The van der Waals surface area contributed by atoms with Crippen LogP contribution in [0.4, 0.5) is 18.9 Å². The summed E-state index contributed by atoms with van der Waals surface area (Å²) >= 11 is 6.28. The summed E-state index contributed by atoms with van der Waals surface area (Å²) < 4.78 is 49.7. The number of carbonyl (C=O) groups excluding carboxylic acids is 1. The second-order valence-electron chi connectivity index (χ2n) is 7.41. The molecule has 0 heterocycles. The average molecular weight is 532 g/mol. The molecule has 0 aliphatic carbocycles. The fraction of sp³-hybridized carbons (Fsp3) is 0.120. The van der Waals surface area contributed by atoms with E-state index in [1.165, 1.54) is 25.3 Å². The van der Waals surface area contributed by atoms with Gasteiger partial charge in [-0.3, -0.25) is 14.9 Å². The molecule has 0 aliphatic heterocycles. The summed E-state index contributed by atoms with van der Waals surface area (Å²) in [4.78, 5) is 22.8. The lowest BCUT2D eigenvalue weighted by molar-refractivity contribution is -0.385. The Balaban J connectivity index is 1.90. The number of nitro benzene ring substituents is 1. The van der Waals surface area contributed by atoms with Crippen LogP contribution in [-0.2, 0) is 17.5 Å². The molecular formula is C25H17ClF3N3O5. The summed E-state index contributed by atoms with van der Waals surface area (Å²) in [5, 5.41) is 23.3. The Labute approximate surface area is 213 Å². The number of ether oxygens (including phenoxy) is 2. The second kappa shape index (κ2) is 11.5. The Hall–Kier alpha value is -4.56. The molecule has 0 aliphatic rings. The Morgan fingerprint density at radius 1 is 1.16 bits per heavy atom. The van der Waals surface area contributed by atoms with Crippen LogP contribution in [0, 0.1) is 21.4 Å². The average Bonchev–Trinajstić information content (AvgIpc) is 2.87. The Morgan fingerprint density at radius 2 is 1.86 bits per heavy atom. The highest BCUT2D eigenvalue weighted by molar-refractivity contribution is 6.32. The lowest BCUT2D eigenvalue weighted by Crippen LogP contribution is -2.23. The zero-order valence-electron chi connectivity index (χ0n) is 19.0. The van der Waals surface area contributed by atoms with Crippen molar-refractivity contribution in [3.05, 3.63) is 98.1 Å². The third-order valence-electron chi connectivity index (χ3n) is 4.92. The zero-order chi connectivity index (χ0) is 27.2. The molecule has 1 amide bonds. The number of alkyl halides is 3. The predicted octanol–water partition coefficient (Wildman–Crippen LogP) is 6.29. The van der Waals surface area contributed by atoms with E-state index >= 15 is 0 Å². The van der Waals surface area contributed by atoms with Crippen molar-refractivity contribution in [3.8, 4) is 23.3 Å². The van der Waals surface area contributed by atoms with Crippen molar-refractivity contribution in [3.63, 3.8) is 0 Å². The lowest BCUT2D eigenvalue weighted by Gasteiger charge is -2.14. The van der Waals surface area contributed by atoms with Gasteiger partial charge in [0.1, 0.15) is 11.6 Å². The topological polar surface area (TPSA) is 114 Å². The molecule has 3 rings (SSSR count). The van der Waals surface area contributed by atoms with Crippen molar-refractivity contribution in [1.82, 2.24) is 5.32 Å². The van der Waals surface area contributed by atoms with Crippen LogP contribution < -0.4 is 14.8 Å². The maximum absolute atomic E-state index is 13.0. The van der Waals surface area contributed by atoms with Gasteiger partial charge in [-0.2, -0.15) is 18.4 Å². The molecule has 0 spiro atoms. The molecule has 8 nitrogen and oxygen atoms in total. The number of nitrogens with zero attached hydrogens (tertiary/aromatic N) is 2. The van der Waals surface area contributed by atoms with Crippen LogP contribution in [0.25, 0.3) is 6.08 Å². The maximum Gasteiger partial charge on any atom is 0.416 e. The molecule has 37 heavy (non-hydrogen) atoms. The van der Waals surface area contributed by atoms with E-state index in [2.05, 4.69) is 5.32 Å². The van der Waals surface area contributed by atoms with Crippen LogP contribution >= 0.6 is 11.6 Å². The number of halogens is 4. The van der Waals surface area contributed by atoms with Crippen molar-refractivity contribution < 1.29 is 32.4 Å². The molecule has 3 aromatic rings. The second-order valence-corrected chi connectivity index (χ2v) is 7.82. The smallest absolute Gasteiger partial charge is 0.416 e. The van der Waals surface area contributed by atoms with Crippen LogP contribution in [0.3, 0.4) is 0 Å². The van der Waals surface area contributed by atoms with Crippen LogP contribution in [0.2, 0.25) is 5.02 Å². The first-order valence-electron chi connectivity index (χ1n) is 10.4. The summed E-state index contributed by atoms with van der Waals surface area (Å²) in [6, 6.07) is 15.3. The molecule has 0 radical (unpaired) electrons. The number of rotatable bonds is 8.